The third-order valence-corrected chi connectivity index (χ3v) is 2.16. The average molecular weight is 220 g/mol. The molecule has 16 heavy (non-hydrogen) atoms. The Labute approximate surface area is 95.4 Å². The minimum absolute atomic E-state index is 0.0968. The van der Waals surface area contributed by atoms with E-state index in [2.05, 4.69) is 0 Å². The lowest BCUT2D eigenvalue weighted by molar-refractivity contribution is -0.114. The van der Waals surface area contributed by atoms with Gasteiger partial charge in [-0.15, -0.1) is 0 Å². The molecule has 0 atom stereocenters. The molecule has 0 fully saturated rings. The highest BCUT2D eigenvalue weighted by atomic mass is 16.5. The van der Waals surface area contributed by atoms with Gasteiger partial charge in [0.05, 0.1) is 7.11 Å². The highest BCUT2D eigenvalue weighted by molar-refractivity contribution is 5.93. The van der Waals surface area contributed by atoms with Crippen molar-refractivity contribution in [3.63, 3.8) is 0 Å². The summed E-state index contributed by atoms with van der Waals surface area (Å²) in [6.07, 6.45) is 4.68. The molecule has 0 aliphatic rings. The maximum absolute atomic E-state index is 11.3. The minimum Gasteiger partial charge on any atom is -0.504 e. The second-order valence-corrected chi connectivity index (χ2v) is 3.48. The molecule has 0 aromatic heterocycles. The van der Waals surface area contributed by atoms with E-state index in [1.54, 1.807) is 30.4 Å². The van der Waals surface area contributed by atoms with Crippen molar-refractivity contribution in [3.8, 4) is 11.5 Å². The number of ether oxygens (including phenoxy) is 1. The fraction of sp³-hybridized carbons (Fsp3) is 0.308. The quantitative estimate of drug-likeness (QED) is 0.776. The van der Waals surface area contributed by atoms with Crippen molar-refractivity contribution in [3.05, 3.63) is 29.8 Å². The number of hydrogen-bond donors (Lipinski definition) is 1. The molecule has 0 aliphatic heterocycles. The smallest absolute Gasteiger partial charge is 0.161 e. The van der Waals surface area contributed by atoms with Crippen LogP contribution in [0.3, 0.4) is 0 Å². The molecule has 3 nitrogen and oxygen atoms in total. The topological polar surface area (TPSA) is 46.5 Å². The standard InChI is InChI=1S/C13H16O3/c1-3-4-11(14)7-5-10-6-8-12(15)13(9-10)16-2/h5-9,15H,3-4H2,1-2H3/b7-5+. The van der Waals surface area contributed by atoms with Gasteiger partial charge in [-0.2, -0.15) is 0 Å². The predicted octanol–water partition coefficient (Wildman–Crippen LogP) is 2.78. The van der Waals surface area contributed by atoms with Crippen LogP contribution in [0.15, 0.2) is 24.3 Å². The first-order chi connectivity index (χ1) is 7.67. The maximum Gasteiger partial charge on any atom is 0.161 e. The summed E-state index contributed by atoms with van der Waals surface area (Å²) in [7, 11) is 1.49. The molecule has 0 saturated carbocycles. The largest absolute Gasteiger partial charge is 0.504 e. The summed E-state index contributed by atoms with van der Waals surface area (Å²) < 4.78 is 4.97. The molecule has 0 bridgehead atoms. The SMILES string of the molecule is CCCC(=O)/C=C/c1ccc(O)c(OC)c1. The van der Waals surface area contributed by atoms with E-state index in [9.17, 15) is 9.90 Å². The first-order valence-corrected chi connectivity index (χ1v) is 5.25. The number of aromatic hydroxyl groups is 1. The van der Waals surface area contributed by atoms with E-state index in [0.717, 1.165) is 12.0 Å². The van der Waals surface area contributed by atoms with Crippen LogP contribution >= 0.6 is 0 Å². The first-order valence-electron chi connectivity index (χ1n) is 5.25. The second-order valence-electron chi connectivity index (χ2n) is 3.48. The van der Waals surface area contributed by atoms with Crippen molar-refractivity contribution in [2.45, 2.75) is 19.8 Å². The van der Waals surface area contributed by atoms with Gasteiger partial charge in [0, 0.05) is 6.42 Å². The van der Waals surface area contributed by atoms with Crippen LogP contribution in [0, 0.1) is 0 Å². The van der Waals surface area contributed by atoms with Crippen molar-refractivity contribution >= 4 is 11.9 Å². The molecule has 3 heteroatoms. The fourth-order valence-corrected chi connectivity index (χ4v) is 1.32. The number of allylic oxidation sites excluding steroid dienone is 1. The predicted molar refractivity (Wildman–Crippen MR) is 63.6 cm³/mol. The van der Waals surface area contributed by atoms with Gasteiger partial charge in [0.15, 0.2) is 17.3 Å². The van der Waals surface area contributed by atoms with Crippen molar-refractivity contribution in [2.24, 2.45) is 0 Å². The van der Waals surface area contributed by atoms with Crippen LogP contribution in [0.1, 0.15) is 25.3 Å². The molecule has 0 radical (unpaired) electrons. The van der Waals surface area contributed by atoms with Crippen molar-refractivity contribution < 1.29 is 14.6 Å². The molecule has 0 aliphatic carbocycles. The van der Waals surface area contributed by atoms with E-state index in [1.165, 1.54) is 7.11 Å². The average Bonchev–Trinajstić information content (AvgIpc) is 2.28. The van der Waals surface area contributed by atoms with Crippen LogP contribution in [-0.4, -0.2) is 18.0 Å². The monoisotopic (exact) mass is 220 g/mol. The Morgan fingerprint density at radius 1 is 1.50 bits per heavy atom. The lowest BCUT2D eigenvalue weighted by Crippen LogP contribution is -1.90. The molecular weight excluding hydrogens is 204 g/mol. The second kappa shape index (κ2) is 5.95. The minimum atomic E-state index is 0.0968. The Bertz CT molecular complexity index is 394. The number of ketones is 1. The normalized spacial score (nSPS) is 10.6. The fourth-order valence-electron chi connectivity index (χ4n) is 1.32. The number of hydrogen-bond acceptors (Lipinski definition) is 3. The Morgan fingerprint density at radius 3 is 2.88 bits per heavy atom. The number of methoxy groups -OCH3 is 1. The van der Waals surface area contributed by atoms with E-state index in [1.807, 2.05) is 6.92 Å². The van der Waals surface area contributed by atoms with Gasteiger partial charge in [-0.05, 0) is 30.2 Å². The van der Waals surface area contributed by atoms with Crippen LogP contribution in [0.4, 0.5) is 0 Å². The highest BCUT2D eigenvalue weighted by Crippen LogP contribution is 2.26. The van der Waals surface area contributed by atoms with Crippen molar-refractivity contribution in [1.82, 2.24) is 0 Å². The van der Waals surface area contributed by atoms with Crippen LogP contribution in [0.2, 0.25) is 0 Å². The summed E-state index contributed by atoms with van der Waals surface area (Å²) in [6.45, 7) is 1.97. The van der Waals surface area contributed by atoms with Gasteiger partial charge in [0.1, 0.15) is 0 Å². The molecule has 0 amide bonds. The Kier molecular flexibility index (Phi) is 4.58. The maximum atomic E-state index is 11.3. The van der Waals surface area contributed by atoms with Crippen LogP contribution in [0.5, 0.6) is 11.5 Å². The molecular formula is C13H16O3. The number of phenols is 1. The van der Waals surface area contributed by atoms with Gasteiger partial charge in [-0.1, -0.05) is 19.1 Å². The van der Waals surface area contributed by atoms with Crippen LogP contribution in [-0.2, 0) is 4.79 Å². The molecule has 0 spiro atoms. The summed E-state index contributed by atoms with van der Waals surface area (Å²) in [6, 6.07) is 4.96. The molecule has 1 N–H and O–H groups in total. The molecule has 1 aromatic rings. The van der Waals surface area contributed by atoms with E-state index in [4.69, 9.17) is 4.74 Å². The van der Waals surface area contributed by atoms with Crippen LogP contribution < -0.4 is 4.74 Å². The van der Waals surface area contributed by atoms with E-state index >= 15 is 0 Å². The summed E-state index contributed by atoms with van der Waals surface area (Å²) >= 11 is 0. The van der Waals surface area contributed by atoms with E-state index in [-0.39, 0.29) is 11.5 Å². The molecule has 1 aromatic carbocycles. The third kappa shape index (κ3) is 3.42. The van der Waals surface area contributed by atoms with Gasteiger partial charge in [0.2, 0.25) is 0 Å². The summed E-state index contributed by atoms with van der Waals surface area (Å²) in [5, 5.41) is 9.38. The van der Waals surface area contributed by atoms with E-state index in [0.29, 0.717) is 12.2 Å². The van der Waals surface area contributed by atoms with E-state index < -0.39 is 0 Å². The van der Waals surface area contributed by atoms with Crippen LogP contribution in [0.25, 0.3) is 6.08 Å². The summed E-state index contributed by atoms with van der Waals surface area (Å²) in [5.74, 6) is 0.610. The third-order valence-electron chi connectivity index (χ3n) is 2.16. The summed E-state index contributed by atoms with van der Waals surface area (Å²) in [4.78, 5) is 11.3. The Balaban J connectivity index is 2.78. The van der Waals surface area contributed by atoms with Gasteiger partial charge in [-0.25, -0.2) is 0 Å². The molecule has 0 unspecified atom stereocenters. The number of benzene rings is 1. The lowest BCUT2D eigenvalue weighted by Gasteiger charge is -2.03. The molecule has 1 rings (SSSR count). The molecule has 0 saturated heterocycles. The summed E-state index contributed by atoms with van der Waals surface area (Å²) in [5.41, 5.74) is 0.833. The number of rotatable bonds is 5. The Hall–Kier alpha value is -1.77. The number of phenolic OH excluding ortho intramolecular Hbond substituents is 1. The zero-order valence-electron chi connectivity index (χ0n) is 9.56. The Morgan fingerprint density at radius 2 is 2.25 bits per heavy atom. The lowest BCUT2D eigenvalue weighted by atomic mass is 10.1. The molecule has 0 heterocycles. The number of carbonyl (C=O) groups is 1. The van der Waals surface area contributed by atoms with Crippen molar-refractivity contribution in [1.29, 1.82) is 0 Å². The first kappa shape index (κ1) is 12.3. The van der Waals surface area contributed by atoms with Crippen molar-refractivity contribution in [2.75, 3.05) is 7.11 Å². The van der Waals surface area contributed by atoms with Gasteiger partial charge in [0.25, 0.3) is 0 Å². The zero-order valence-corrected chi connectivity index (χ0v) is 9.56. The van der Waals surface area contributed by atoms with Gasteiger partial charge in [-0.3, -0.25) is 4.79 Å². The van der Waals surface area contributed by atoms with Gasteiger partial charge < -0.3 is 9.84 Å². The number of carbonyl (C=O) groups excluding carboxylic acids is 1. The zero-order chi connectivity index (χ0) is 12.0. The van der Waals surface area contributed by atoms with Gasteiger partial charge >= 0.3 is 0 Å². The highest BCUT2D eigenvalue weighted by Gasteiger charge is 2.00. The molecule has 86 valence electrons.